The number of carbonyl (C=O) groups is 4. The molecule has 2 atom stereocenters. The highest BCUT2D eigenvalue weighted by Gasteiger charge is 2.21. The van der Waals surface area contributed by atoms with E-state index in [-0.39, 0.29) is 30.6 Å². The van der Waals surface area contributed by atoms with Crippen LogP contribution in [0.25, 0.3) is 0 Å². The quantitative estimate of drug-likeness (QED) is 0.328. The van der Waals surface area contributed by atoms with E-state index in [9.17, 15) is 19.2 Å². The maximum absolute atomic E-state index is 12.2. The summed E-state index contributed by atoms with van der Waals surface area (Å²) in [5, 5.41) is 0. The largest absolute Gasteiger partial charge is 0.513 e. The summed E-state index contributed by atoms with van der Waals surface area (Å²) in [5.74, 6) is -1.00. The summed E-state index contributed by atoms with van der Waals surface area (Å²) < 4.78 is 33.5. The molecule has 0 aliphatic carbocycles. The third-order valence-electron chi connectivity index (χ3n) is 3.58. The first kappa shape index (κ1) is 26.5. The molecule has 1 aromatic carbocycles. The van der Waals surface area contributed by atoms with Crippen LogP contribution >= 0.6 is 0 Å². The van der Waals surface area contributed by atoms with Crippen LogP contribution in [-0.2, 0) is 34.9 Å². The predicted octanol–water partition coefficient (Wildman–Crippen LogP) is 2.34. The second-order valence-electron chi connectivity index (χ2n) is 6.68. The number of methoxy groups -OCH3 is 2. The number of carbonyl (C=O) groups excluding carboxylic acids is 4. The van der Waals surface area contributed by atoms with Gasteiger partial charge in [0.05, 0.1) is 20.3 Å². The molecule has 0 aromatic heterocycles. The van der Waals surface area contributed by atoms with Crippen LogP contribution in [0.5, 0.6) is 11.5 Å². The van der Waals surface area contributed by atoms with E-state index in [0.717, 1.165) is 14.2 Å². The minimum atomic E-state index is -1.08. The molecule has 0 spiro atoms. The zero-order valence-electron chi connectivity index (χ0n) is 18.4. The maximum Gasteiger partial charge on any atom is 0.513 e. The first-order valence-electron chi connectivity index (χ1n) is 9.49. The van der Waals surface area contributed by atoms with Crippen LogP contribution < -0.4 is 15.2 Å². The van der Waals surface area contributed by atoms with Crippen LogP contribution in [0.4, 0.5) is 14.4 Å². The third kappa shape index (κ3) is 9.51. The Hall–Kier alpha value is -3.54. The Morgan fingerprint density at radius 3 is 2.03 bits per heavy atom. The topological polar surface area (TPSA) is 159 Å². The van der Waals surface area contributed by atoms with Crippen molar-refractivity contribution in [2.24, 2.45) is 5.73 Å². The first-order chi connectivity index (χ1) is 15.0. The SMILES string of the molecule is COC(=O)Oc1ccc(C[C@H](N)C(=O)OC[C@H](C)OC(=O)OC(C)C)cc1OC(=O)OC. The van der Waals surface area contributed by atoms with Crippen molar-refractivity contribution in [2.75, 3.05) is 20.8 Å². The molecule has 2 N–H and O–H groups in total. The van der Waals surface area contributed by atoms with Gasteiger partial charge in [0.2, 0.25) is 0 Å². The fourth-order valence-electron chi connectivity index (χ4n) is 2.17. The summed E-state index contributed by atoms with van der Waals surface area (Å²) in [6.07, 6.45) is -4.04. The number of benzene rings is 1. The summed E-state index contributed by atoms with van der Waals surface area (Å²) in [6.45, 7) is 4.64. The molecule has 0 amide bonds. The zero-order valence-corrected chi connectivity index (χ0v) is 18.4. The van der Waals surface area contributed by atoms with Gasteiger partial charge < -0.3 is 38.9 Å². The predicted molar refractivity (Wildman–Crippen MR) is 107 cm³/mol. The van der Waals surface area contributed by atoms with Crippen LogP contribution in [0.2, 0.25) is 0 Å². The molecule has 0 saturated heterocycles. The van der Waals surface area contributed by atoms with E-state index in [2.05, 4.69) is 9.47 Å². The summed E-state index contributed by atoms with van der Waals surface area (Å²) in [7, 11) is 2.22. The van der Waals surface area contributed by atoms with Crippen molar-refractivity contribution >= 4 is 24.4 Å². The van der Waals surface area contributed by atoms with E-state index >= 15 is 0 Å². The van der Waals surface area contributed by atoms with Crippen molar-refractivity contribution in [3.8, 4) is 11.5 Å². The van der Waals surface area contributed by atoms with Gasteiger partial charge in [-0.1, -0.05) is 6.07 Å². The Bertz CT molecular complexity index is 809. The molecule has 178 valence electrons. The lowest BCUT2D eigenvalue weighted by Crippen LogP contribution is -2.36. The molecule has 32 heavy (non-hydrogen) atoms. The van der Waals surface area contributed by atoms with Crippen LogP contribution in [0.15, 0.2) is 18.2 Å². The van der Waals surface area contributed by atoms with Crippen molar-refractivity contribution < 1.29 is 52.3 Å². The molecule has 12 heteroatoms. The number of ether oxygens (including phenoxy) is 7. The van der Waals surface area contributed by atoms with Crippen molar-refractivity contribution in [1.82, 2.24) is 0 Å². The standard InChI is InChI=1S/C20H27NO11/c1-11(2)29-20(25)30-12(3)10-28-17(22)14(21)8-13-6-7-15(31-18(23)26-4)16(9-13)32-19(24)27-5/h6-7,9,11-12,14H,8,10,21H2,1-5H3/t12-,14-/m0/s1. The molecule has 1 rings (SSSR count). The minimum absolute atomic E-state index is 0.000497. The molecular weight excluding hydrogens is 430 g/mol. The molecule has 0 aliphatic rings. The molecule has 0 saturated carbocycles. The molecule has 1 aromatic rings. The fourth-order valence-corrected chi connectivity index (χ4v) is 2.17. The smallest absolute Gasteiger partial charge is 0.461 e. The van der Waals surface area contributed by atoms with Gasteiger partial charge in [-0.3, -0.25) is 4.79 Å². The summed E-state index contributed by atoms with van der Waals surface area (Å²) >= 11 is 0. The number of esters is 1. The van der Waals surface area contributed by atoms with Crippen molar-refractivity contribution in [2.45, 2.75) is 45.4 Å². The van der Waals surface area contributed by atoms with Gasteiger partial charge >= 0.3 is 24.4 Å². The van der Waals surface area contributed by atoms with E-state index in [0.29, 0.717) is 5.56 Å². The average Bonchev–Trinajstić information content (AvgIpc) is 2.72. The van der Waals surface area contributed by atoms with Gasteiger partial charge in [-0.05, 0) is 44.9 Å². The van der Waals surface area contributed by atoms with Gasteiger partial charge in [0.25, 0.3) is 0 Å². The lowest BCUT2D eigenvalue weighted by molar-refractivity contribution is -0.148. The fraction of sp³-hybridized carbons (Fsp3) is 0.500. The number of nitrogens with two attached hydrogens (primary N) is 1. The molecule has 0 unspecified atom stereocenters. The second kappa shape index (κ2) is 13.0. The highest BCUT2D eigenvalue weighted by atomic mass is 16.7. The Morgan fingerprint density at radius 1 is 0.875 bits per heavy atom. The Kier molecular flexibility index (Phi) is 10.8. The number of rotatable bonds is 9. The van der Waals surface area contributed by atoms with E-state index in [1.807, 2.05) is 0 Å². The van der Waals surface area contributed by atoms with Gasteiger partial charge in [0, 0.05) is 0 Å². The van der Waals surface area contributed by atoms with E-state index < -0.39 is 36.6 Å². The summed E-state index contributed by atoms with van der Waals surface area (Å²) in [6, 6.07) is 3.10. The Labute approximate surface area is 184 Å². The number of hydrogen-bond acceptors (Lipinski definition) is 12. The van der Waals surface area contributed by atoms with Crippen molar-refractivity contribution in [1.29, 1.82) is 0 Å². The van der Waals surface area contributed by atoms with Crippen LogP contribution in [0, 0.1) is 0 Å². The molecule has 0 heterocycles. The van der Waals surface area contributed by atoms with E-state index in [1.165, 1.54) is 25.1 Å². The highest BCUT2D eigenvalue weighted by Crippen LogP contribution is 2.29. The molecule has 0 fully saturated rings. The van der Waals surface area contributed by atoms with E-state index in [1.54, 1.807) is 13.8 Å². The van der Waals surface area contributed by atoms with E-state index in [4.69, 9.17) is 29.4 Å². The first-order valence-corrected chi connectivity index (χ1v) is 9.49. The lowest BCUT2D eigenvalue weighted by atomic mass is 10.1. The Morgan fingerprint density at radius 2 is 1.47 bits per heavy atom. The normalized spacial score (nSPS) is 12.2. The van der Waals surface area contributed by atoms with Gasteiger partial charge in [0.1, 0.15) is 18.8 Å². The molecule has 0 aliphatic heterocycles. The monoisotopic (exact) mass is 457 g/mol. The van der Waals surface area contributed by atoms with Crippen LogP contribution in [0.1, 0.15) is 26.3 Å². The van der Waals surface area contributed by atoms with Gasteiger partial charge in [-0.15, -0.1) is 0 Å². The Balaban J connectivity index is 2.73. The van der Waals surface area contributed by atoms with Gasteiger partial charge in [-0.2, -0.15) is 0 Å². The molecule has 0 bridgehead atoms. The summed E-state index contributed by atoms with van der Waals surface area (Å²) in [5.41, 5.74) is 6.34. The third-order valence-corrected chi connectivity index (χ3v) is 3.58. The van der Waals surface area contributed by atoms with Crippen molar-refractivity contribution in [3.63, 3.8) is 0 Å². The highest BCUT2D eigenvalue weighted by molar-refractivity contribution is 5.76. The van der Waals surface area contributed by atoms with Crippen LogP contribution in [-0.4, -0.2) is 63.5 Å². The van der Waals surface area contributed by atoms with Gasteiger partial charge in [-0.25, -0.2) is 14.4 Å². The van der Waals surface area contributed by atoms with Crippen molar-refractivity contribution in [3.05, 3.63) is 23.8 Å². The number of hydrogen-bond donors (Lipinski definition) is 1. The maximum atomic E-state index is 12.2. The lowest BCUT2D eigenvalue weighted by Gasteiger charge is -2.17. The molecular formula is C20H27NO11. The van der Waals surface area contributed by atoms with Crippen LogP contribution in [0.3, 0.4) is 0 Å². The molecule has 0 radical (unpaired) electrons. The second-order valence-corrected chi connectivity index (χ2v) is 6.68. The average molecular weight is 457 g/mol. The molecule has 12 nitrogen and oxygen atoms in total. The van der Waals surface area contributed by atoms with Gasteiger partial charge in [0.15, 0.2) is 11.5 Å². The summed E-state index contributed by atoms with van der Waals surface area (Å²) in [4.78, 5) is 46.4. The minimum Gasteiger partial charge on any atom is -0.461 e. The zero-order chi connectivity index (χ0) is 24.3.